The number of hydrogen-bond donors (Lipinski definition) is 0. The third-order valence-corrected chi connectivity index (χ3v) is 9.26. The molecule has 4 rings (SSSR count). The fraction of sp³-hybridized carbons (Fsp3) is 0.480. The minimum absolute atomic E-state index is 0.322. The minimum Gasteiger partial charge on any atom is -0.382 e. The van der Waals surface area contributed by atoms with Crippen molar-refractivity contribution >= 4 is 44.4 Å². The van der Waals surface area contributed by atoms with Crippen LogP contribution in [0.4, 0.5) is 0 Å². The Labute approximate surface area is 211 Å². The van der Waals surface area contributed by atoms with Crippen LogP contribution in [0.15, 0.2) is 52.5 Å². The van der Waals surface area contributed by atoms with E-state index in [2.05, 4.69) is 11.5 Å². The van der Waals surface area contributed by atoms with Gasteiger partial charge in [0.1, 0.15) is 0 Å². The normalized spacial score (nSPS) is 17.4. The second kappa shape index (κ2) is 11.4. The maximum Gasteiger partial charge on any atom is 0.243 e. The van der Waals surface area contributed by atoms with Crippen molar-refractivity contribution in [2.24, 2.45) is 5.92 Å². The topological polar surface area (TPSA) is 64.4 Å². The molecule has 1 unspecified atom stereocenters. The van der Waals surface area contributed by atoms with Crippen molar-refractivity contribution in [2.45, 2.75) is 55.5 Å². The Morgan fingerprint density at radius 1 is 1.21 bits per heavy atom. The summed E-state index contributed by atoms with van der Waals surface area (Å²) in [5.41, 5.74) is 2.81. The number of nitrogens with zero attached hydrogens (tertiary/aromatic N) is 3. The Bertz CT molecular complexity index is 1210. The van der Waals surface area contributed by atoms with E-state index in [-0.39, 0.29) is 0 Å². The first-order valence-corrected chi connectivity index (χ1v) is 14.6. The van der Waals surface area contributed by atoms with Crippen molar-refractivity contribution in [3.8, 4) is 0 Å². The number of hydrogen-bond acceptors (Lipinski definition) is 5. The predicted octanol–water partition coefficient (Wildman–Crippen LogP) is 5.83. The van der Waals surface area contributed by atoms with Crippen LogP contribution in [0, 0.1) is 5.92 Å². The van der Waals surface area contributed by atoms with E-state index in [1.165, 1.54) is 0 Å². The molecule has 1 aliphatic heterocycles. The smallest absolute Gasteiger partial charge is 0.243 e. The maximum atomic E-state index is 13.3. The van der Waals surface area contributed by atoms with E-state index in [1.54, 1.807) is 28.2 Å². The number of benzene rings is 2. The molecule has 2 heterocycles. The van der Waals surface area contributed by atoms with Crippen LogP contribution in [-0.2, 0) is 27.1 Å². The molecule has 0 amide bonds. The Hall–Kier alpha value is -1.58. The van der Waals surface area contributed by atoms with Crippen molar-refractivity contribution in [3.63, 3.8) is 0 Å². The van der Waals surface area contributed by atoms with Crippen molar-refractivity contribution in [3.05, 3.63) is 53.1 Å². The largest absolute Gasteiger partial charge is 0.382 e. The van der Waals surface area contributed by atoms with Gasteiger partial charge in [0.2, 0.25) is 10.0 Å². The molecule has 0 bridgehead atoms. The molecule has 184 valence electrons. The first kappa shape index (κ1) is 25.5. The fourth-order valence-electron chi connectivity index (χ4n) is 4.29. The summed E-state index contributed by atoms with van der Waals surface area (Å²) in [6, 6.07) is 13.2. The summed E-state index contributed by atoms with van der Waals surface area (Å²) in [6.07, 6.45) is 2.84. The quantitative estimate of drug-likeness (QED) is 0.248. The van der Waals surface area contributed by atoms with Crippen LogP contribution in [0.2, 0.25) is 5.02 Å². The van der Waals surface area contributed by atoms with Gasteiger partial charge in [0, 0.05) is 43.6 Å². The number of halogens is 1. The number of fused-ring (bicyclic) bond motifs is 1. The third-order valence-electron chi connectivity index (χ3n) is 6.10. The molecule has 9 heteroatoms. The first-order valence-electron chi connectivity index (χ1n) is 11.8. The molecular weight excluding hydrogens is 490 g/mol. The lowest BCUT2D eigenvalue weighted by Crippen LogP contribution is -2.39. The molecule has 3 aromatic rings. The van der Waals surface area contributed by atoms with E-state index in [0.29, 0.717) is 47.7 Å². The van der Waals surface area contributed by atoms with Crippen LogP contribution in [0.3, 0.4) is 0 Å². The highest BCUT2D eigenvalue weighted by Gasteiger charge is 2.29. The van der Waals surface area contributed by atoms with Gasteiger partial charge >= 0.3 is 0 Å². The van der Waals surface area contributed by atoms with E-state index in [1.807, 2.05) is 37.3 Å². The Morgan fingerprint density at radius 2 is 2.00 bits per heavy atom. The molecule has 2 aromatic carbocycles. The molecule has 1 fully saturated rings. The molecule has 0 N–H and O–H groups in total. The van der Waals surface area contributed by atoms with Gasteiger partial charge in [-0.05, 0) is 68.0 Å². The Balaban J connectivity index is 1.62. The number of aryl methyl sites for hydroxylation is 1. The van der Waals surface area contributed by atoms with Crippen LogP contribution in [-0.4, -0.2) is 48.6 Å². The summed E-state index contributed by atoms with van der Waals surface area (Å²) in [6.45, 7) is 7.39. The average Bonchev–Trinajstić information content (AvgIpc) is 3.18. The van der Waals surface area contributed by atoms with Crippen LogP contribution < -0.4 is 0 Å². The van der Waals surface area contributed by atoms with Gasteiger partial charge in [-0.15, -0.1) is 0 Å². The number of imidazole rings is 1. The summed E-state index contributed by atoms with van der Waals surface area (Å²) in [7, 11) is -3.53. The van der Waals surface area contributed by atoms with Crippen molar-refractivity contribution in [1.29, 1.82) is 0 Å². The highest BCUT2D eigenvalue weighted by Crippen LogP contribution is 2.30. The third kappa shape index (κ3) is 5.97. The van der Waals surface area contributed by atoms with Crippen molar-refractivity contribution in [2.75, 3.05) is 26.3 Å². The Morgan fingerprint density at radius 3 is 2.74 bits per heavy atom. The first-order chi connectivity index (χ1) is 16.4. The molecule has 1 saturated heterocycles. The van der Waals surface area contributed by atoms with E-state index in [9.17, 15) is 8.42 Å². The molecule has 1 aromatic heterocycles. The molecule has 0 aliphatic carbocycles. The molecule has 0 spiro atoms. The van der Waals surface area contributed by atoms with E-state index >= 15 is 0 Å². The van der Waals surface area contributed by atoms with Gasteiger partial charge in [-0.2, -0.15) is 4.31 Å². The van der Waals surface area contributed by atoms with Crippen LogP contribution >= 0.6 is 23.4 Å². The van der Waals surface area contributed by atoms with Gasteiger partial charge in [0.25, 0.3) is 0 Å². The zero-order valence-corrected chi connectivity index (χ0v) is 22.1. The Kier molecular flexibility index (Phi) is 8.58. The molecule has 0 radical (unpaired) electrons. The second-order valence-electron chi connectivity index (χ2n) is 8.77. The summed E-state index contributed by atoms with van der Waals surface area (Å²) >= 11 is 7.66. The summed E-state index contributed by atoms with van der Waals surface area (Å²) in [5.74, 6) is 1.13. The van der Waals surface area contributed by atoms with Crippen molar-refractivity contribution < 1.29 is 13.2 Å². The maximum absolute atomic E-state index is 13.3. The number of aromatic nitrogens is 2. The lowest BCUT2D eigenvalue weighted by Gasteiger charge is -2.30. The van der Waals surface area contributed by atoms with Crippen LogP contribution in [0.25, 0.3) is 11.0 Å². The summed E-state index contributed by atoms with van der Waals surface area (Å²) < 4.78 is 35.9. The van der Waals surface area contributed by atoms with E-state index in [0.717, 1.165) is 47.8 Å². The van der Waals surface area contributed by atoms with E-state index in [4.69, 9.17) is 21.3 Å². The number of piperidine rings is 1. The van der Waals surface area contributed by atoms with Gasteiger partial charge in [-0.25, -0.2) is 13.4 Å². The number of rotatable bonds is 10. The molecule has 6 nitrogen and oxygen atoms in total. The van der Waals surface area contributed by atoms with Crippen LogP contribution in [0.1, 0.15) is 38.7 Å². The van der Waals surface area contributed by atoms with Gasteiger partial charge in [-0.3, -0.25) is 0 Å². The van der Waals surface area contributed by atoms with Crippen LogP contribution in [0.5, 0.6) is 0 Å². The minimum atomic E-state index is -3.53. The fourth-order valence-corrected chi connectivity index (χ4v) is 7.03. The number of thioether (sulfide) groups is 1. The predicted molar refractivity (Wildman–Crippen MR) is 139 cm³/mol. The lowest BCUT2D eigenvalue weighted by molar-refractivity contribution is 0.141. The number of sulfonamides is 1. The highest BCUT2D eigenvalue weighted by atomic mass is 35.5. The van der Waals surface area contributed by atoms with Gasteiger partial charge in [0.15, 0.2) is 5.16 Å². The van der Waals surface area contributed by atoms with Crippen molar-refractivity contribution in [1.82, 2.24) is 13.9 Å². The molecule has 34 heavy (non-hydrogen) atoms. The SMILES string of the molecule is CCOCCCn1c(SCc2ccc(Cl)cc2)nc2cc(S(=O)(=O)N3CCCC(C)C3)ccc21. The van der Waals surface area contributed by atoms with E-state index < -0.39 is 10.0 Å². The average molecular weight is 522 g/mol. The summed E-state index contributed by atoms with van der Waals surface area (Å²) in [5, 5.41) is 1.59. The zero-order valence-electron chi connectivity index (χ0n) is 19.7. The molecule has 1 atom stereocenters. The molecule has 0 saturated carbocycles. The van der Waals surface area contributed by atoms with Gasteiger partial charge in [0.05, 0.1) is 15.9 Å². The number of ether oxygens (including phenoxy) is 1. The van der Waals surface area contributed by atoms with Gasteiger partial charge < -0.3 is 9.30 Å². The lowest BCUT2D eigenvalue weighted by atomic mass is 10.0. The highest BCUT2D eigenvalue weighted by molar-refractivity contribution is 7.98. The standard InChI is InChI=1S/C25H32ClN3O3S2/c1-3-32-15-5-14-29-24-12-11-22(34(30,31)28-13-4-6-19(2)17-28)16-23(24)27-25(29)33-18-20-7-9-21(26)10-8-20/h7-12,16,19H,3-6,13-15,17-18H2,1-2H3. The van der Waals surface area contributed by atoms with Gasteiger partial charge in [-0.1, -0.05) is 42.4 Å². The summed E-state index contributed by atoms with van der Waals surface area (Å²) in [4.78, 5) is 5.18. The zero-order chi connectivity index (χ0) is 24.1. The molecular formula is C25H32ClN3O3S2. The monoisotopic (exact) mass is 521 g/mol. The molecule has 1 aliphatic rings. The second-order valence-corrected chi connectivity index (χ2v) is 12.1.